The summed E-state index contributed by atoms with van der Waals surface area (Å²) in [6, 6.07) is 5.63. The highest BCUT2D eigenvalue weighted by molar-refractivity contribution is 5.92. The van der Waals surface area contributed by atoms with Gasteiger partial charge in [-0.15, -0.1) is 10.2 Å². The zero-order valence-corrected chi connectivity index (χ0v) is 11.1. The number of nitrogens with zero attached hydrogens (tertiary/aromatic N) is 2. The largest absolute Gasteiger partial charge is 0.423 e. The Balaban J connectivity index is 1.68. The molecule has 2 aromatic rings. The monoisotopic (exact) mass is 273 g/mol. The molecule has 7 heteroatoms. The normalized spacial score (nSPS) is 13.3. The fourth-order valence-electron chi connectivity index (χ4n) is 1.98. The van der Waals surface area contributed by atoms with Crippen LogP contribution >= 0.6 is 0 Å². The number of hydrogen-bond donors (Lipinski definition) is 3. The summed E-state index contributed by atoms with van der Waals surface area (Å²) in [4.78, 5) is 11.3. The van der Waals surface area contributed by atoms with Gasteiger partial charge in [0.15, 0.2) is 0 Å². The molecule has 0 atom stereocenters. The van der Waals surface area contributed by atoms with E-state index < -0.39 is 0 Å². The topological polar surface area (TPSA) is 92.1 Å². The molecule has 1 aliphatic rings. The van der Waals surface area contributed by atoms with Crippen LogP contribution in [0.25, 0.3) is 0 Å². The van der Waals surface area contributed by atoms with Gasteiger partial charge in [-0.1, -0.05) is 13.0 Å². The standard InChI is InChI=1S/C13H15N5O2/c1-2-11-17-18-12(20-11)7-14-9-4-3-8-6-15-13(19)16-10(8)5-9/h3-5,14H,2,6-7H2,1H3,(H2,15,16,19). The average molecular weight is 273 g/mol. The molecule has 0 spiro atoms. The van der Waals surface area contributed by atoms with Crippen molar-refractivity contribution in [1.82, 2.24) is 15.5 Å². The Hall–Kier alpha value is -2.57. The van der Waals surface area contributed by atoms with E-state index in [2.05, 4.69) is 26.1 Å². The molecule has 0 bridgehead atoms. The second kappa shape index (κ2) is 5.20. The van der Waals surface area contributed by atoms with Crippen molar-refractivity contribution < 1.29 is 9.21 Å². The molecule has 1 aromatic carbocycles. The van der Waals surface area contributed by atoms with E-state index in [0.29, 0.717) is 24.9 Å². The van der Waals surface area contributed by atoms with Crippen LogP contribution in [0.2, 0.25) is 0 Å². The molecule has 20 heavy (non-hydrogen) atoms. The van der Waals surface area contributed by atoms with Crippen molar-refractivity contribution in [3.8, 4) is 0 Å². The smallest absolute Gasteiger partial charge is 0.319 e. The van der Waals surface area contributed by atoms with Gasteiger partial charge in [-0.05, 0) is 17.7 Å². The number of fused-ring (bicyclic) bond motifs is 1. The van der Waals surface area contributed by atoms with Crippen molar-refractivity contribution >= 4 is 17.4 Å². The van der Waals surface area contributed by atoms with E-state index in [1.807, 2.05) is 25.1 Å². The van der Waals surface area contributed by atoms with Crippen molar-refractivity contribution in [2.24, 2.45) is 0 Å². The predicted molar refractivity (Wildman–Crippen MR) is 73.3 cm³/mol. The van der Waals surface area contributed by atoms with Gasteiger partial charge < -0.3 is 20.4 Å². The maximum atomic E-state index is 11.3. The average Bonchev–Trinajstić information content (AvgIpc) is 2.92. The highest BCUT2D eigenvalue weighted by Gasteiger charge is 2.13. The van der Waals surface area contributed by atoms with Gasteiger partial charge in [0.1, 0.15) is 0 Å². The zero-order chi connectivity index (χ0) is 13.9. The van der Waals surface area contributed by atoms with Gasteiger partial charge in [-0.3, -0.25) is 0 Å². The summed E-state index contributed by atoms with van der Waals surface area (Å²) in [7, 11) is 0. The fraction of sp³-hybridized carbons (Fsp3) is 0.308. The predicted octanol–water partition coefficient (Wildman–Crippen LogP) is 1.88. The highest BCUT2D eigenvalue weighted by atomic mass is 16.4. The summed E-state index contributed by atoms with van der Waals surface area (Å²) in [5.41, 5.74) is 2.77. The van der Waals surface area contributed by atoms with Crippen LogP contribution in [-0.2, 0) is 19.5 Å². The van der Waals surface area contributed by atoms with Crippen LogP contribution in [0.5, 0.6) is 0 Å². The molecule has 1 aliphatic heterocycles. The Kier molecular flexibility index (Phi) is 3.24. The molecule has 104 valence electrons. The molecule has 2 heterocycles. The van der Waals surface area contributed by atoms with Crippen molar-refractivity contribution in [2.75, 3.05) is 10.6 Å². The highest BCUT2D eigenvalue weighted by Crippen LogP contribution is 2.23. The lowest BCUT2D eigenvalue weighted by Crippen LogP contribution is -2.33. The van der Waals surface area contributed by atoms with E-state index in [-0.39, 0.29) is 6.03 Å². The second-order valence-electron chi connectivity index (χ2n) is 4.48. The molecule has 0 aliphatic carbocycles. The van der Waals surface area contributed by atoms with E-state index in [1.165, 1.54) is 0 Å². The van der Waals surface area contributed by atoms with Gasteiger partial charge in [-0.2, -0.15) is 0 Å². The van der Waals surface area contributed by atoms with Crippen molar-refractivity contribution in [1.29, 1.82) is 0 Å². The van der Waals surface area contributed by atoms with Gasteiger partial charge in [-0.25, -0.2) is 4.79 Å². The van der Waals surface area contributed by atoms with Crippen LogP contribution in [0.15, 0.2) is 22.6 Å². The molecule has 3 rings (SSSR count). The first-order chi connectivity index (χ1) is 9.74. The summed E-state index contributed by atoms with van der Waals surface area (Å²) in [5, 5.41) is 16.5. The van der Waals surface area contributed by atoms with E-state index in [1.54, 1.807) is 0 Å². The molecule has 0 saturated heterocycles. The van der Waals surface area contributed by atoms with Crippen LogP contribution in [0.1, 0.15) is 24.3 Å². The van der Waals surface area contributed by atoms with E-state index in [0.717, 1.165) is 23.4 Å². The minimum absolute atomic E-state index is 0.181. The SMILES string of the molecule is CCc1nnc(CNc2ccc3c(c2)NC(=O)NC3)o1. The number of amides is 2. The van der Waals surface area contributed by atoms with E-state index >= 15 is 0 Å². The number of urea groups is 1. The summed E-state index contributed by atoms with van der Waals surface area (Å²) in [5.74, 6) is 1.18. The van der Waals surface area contributed by atoms with Crippen molar-refractivity contribution in [3.05, 3.63) is 35.5 Å². The minimum Gasteiger partial charge on any atom is -0.423 e. The maximum Gasteiger partial charge on any atom is 0.319 e. The Morgan fingerprint density at radius 2 is 2.20 bits per heavy atom. The number of carbonyl (C=O) groups excluding carboxylic acids is 1. The van der Waals surface area contributed by atoms with Crippen molar-refractivity contribution in [3.63, 3.8) is 0 Å². The maximum absolute atomic E-state index is 11.3. The van der Waals surface area contributed by atoms with Gasteiger partial charge >= 0.3 is 6.03 Å². The molecule has 0 radical (unpaired) electrons. The molecule has 0 unspecified atom stereocenters. The first kappa shape index (κ1) is 12.5. The lowest BCUT2D eigenvalue weighted by molar-refractivity contribution is 0.251. The number of hydrogen-bond acceptors (Lipinski definition) is 5. The van der Waals surface area contributed by atoms with E-state index in [4.69, 9.17) is 4.42 Å². The first-order valence-corrected chi connectivity index (χ1v) is 6.47. The Morgan fingerprint density at radius 1 is 1.35 bits per heavy atom. The first-order valence-electron chi connectivity index (χ1n) is 6.47. The molecular formula is C13H15N5O2. The number of aromatic nitrogens is 2. The number of nitrogens with one attached hydrogen (secondary N) is 3. The third-order valence-electron chi connectivity index (χ3n) is 3.05. The van der Waals surface area contributed by atoms with Crippen LogP contribution in [0.4, 0.5) is 16.2 Å². The summed E-state index contributed by atoms with van der Waals surface area (Å²) >= 11 is 0. The molecule has 7 nitrogen and oxygen atoms in total. The van der Waals surface area contributed by atoms with Crippen molar-refractivity contribution in [2.45, 2.75) is 26.4 Å². The zero-order valence-electron chi connectivity index (χ0n) is 11.1. The molecular weight excluding hydrogens is 258 g/mol. The quantitative estimate of drug-likeness (QED) is 0.791. The third kappa shape index (κ3) is 2.56. The molecule has 0 saturated carbocycles. The fourth-order valence-corrected chi connectivity index (χ4v) is 1.98. The number of anilines is 2. The summed E-state index contributed by atoms with van der Waals surface area (Å²) < 4.78 is 5.42. The van der Waals surface area contributed by atoms with Gasteiger partial charge in [0.05, 0.1) is 6.54 Å². The number of aryl methyl sites for hydroxylation is 1. The molecule has 2 amide bonds. The Bertz CT molecular complexity index is 637. The Morgan fingerprint density at radius 3 is 3.00 bits per heavy atom. The number of rotatable bonds is 4. The lowest BCUT2D eigenvalue weighted by Gasteiger charge is -2.19. The number of carbonyl (C=O) groups is 1. The summed E-state index contributed by atoms with van der Waals surface area (Å²) in [6.07, 6.45) is 0.727. The van der Waals surface area contributed by atoms with Crippen LogP contribution in [0.3, 0.4) is 0 Å². The van der Waals surface area contributed by atoms with Gasteiger partial charge in [0.25, 0.3) is 0 Å². The minimum atomic E-state index is -0.181. The molecule has 1 aromatic heterocycles. The Labute approximate surface area is 115 Å². The van der Waals surface area contributed by atoms with Gasteiger partial charge in [0, 0.05) is 24.3 Å². The summed E-state index contributed by atoms with van der Waals surface area (Å²) in [6.45, 7) is 2.97. The second-order valence-corrected chi connectivity index (χ2v) is 4.48. The van der Waals surface area contributed by atoms with Gasteiger partial charge in [0.2, 0.25) is 11.8 Å². The lowest BCUT2D eigenvalue weighted by atomic mass is 10.1. The van der Waals surface area contributed by atoms with E-state index in [9.17, 15) is 4.79 Å². The third-order valence-corrected chi connectivity index (χ3v) is 3.05. The molecule has 0 fully saturated rings. The molecule has 3 N–H and O–H groups in total. The van der Waals surface area contributed by atoms with Crippen LogP contribution in [-0.4, -0.2) is 16.2 Å². The van der Waals surface area contributed by atoms with Crippen LogP contribution in [0, 0.1) is 0 Å². The number of benzene rings is 1. The van der Waals surface area contributed by atoms with Crippen LogP contribution < -0.4 is 16.0 Å².